The Labute approximate surface area is 165 Å². The van der Waals surface area contributed by atoms with Crippen LogP contribution in [0.3, 0.4) is 0 Å². The molecule has 0 aliphatic heterocycles. The zero-order valence-corrected chi connectivity index (χ0v) is 17.6. The molecular weight excluding hydrogens is 437 g/mol. The predicted octanol–water partition coefficient (Wildman–Crippen LogP) is 3.61. The number of hydrogen-bond donors (Lipinski definition) is 2. The molecule has 7 heteroatoms. The molecular formula is C17H28IN3O2S. The molecule has 1 aromatic rings. The van der Waals surface area contributed by atoms with Crippen LogP contribution in [0, 0.1) is 6.92 Å². The van der Waals surface area contributed by atoms with Gasteiger partial charge < -0.3 is 15.4 Å². The van der Waals surface area contributed by atoms with Crippen LogP contribution in [-0.4, -0.2) is 31.6 Å². The number of guanidine groups is 1. The molecule has 2 N–H and O–H groups in total. The third-order valence-electron chi connectivity index (χ3n) is 3.90. The summed E-state index contributed by atoms with van der Waals surface area (Å²) in [6, 6.07) is 4.24. The lowest BCUT2D eigenvalue weighted by Crippen LogP contribution is -2.37. The first-order valence-electron chi connectivity index (χ1n) is 8.36. The maximum atomic E-state index is 11.7. The van der Waals surface area contributed by atoms with E-state index in [1.54, 1.807) is 18.4 Å². The normalized spacial score (nSPS) is 15.0. The van der Waals surface area contributed by atoms with Gasteiger partial charge in [0.15, 0.2) is 5.96 Å². The lowest BCUT2D eigenvalue weighted by molar-refractivity contribution is -0.148. The largest absolute Gasteiger partial charge is 0.462 e. The number of aryl methyl sites for hydroxylation is 1. The monoisotopic (exact) mass is 465 g/mol. The second-order valence-corrected chi connectivity index (χ2v) is 7.24. The Morgan fingerprint density at radius 3 is 2.71 bits per heavy atom. The smallest absolute Gasteiger partial charge is 0.306 e. The molecule has 0 amide bonds. The molecule has 1 fully saturated rings. The number of esters is 1. The minimum Gasteiger partial charge on any atom is -0.462 e. The van der Waals surface area contributed by atoms with Gasteiger partial charge in [-0.1, -0.05) is 0 Å². The van der Waals surface area contributed by atoms with E-state index in [2.05, 4.69) is 34.7 Å². The Hall–Kier alpha value is -0.830. The van der Waals surface area contributed by atoms with E-state index in [4.69, 9.17) is 4.74 Å². The highest BCUT2D eigenvalue weighted by Gasteiger charge is 2.18. The van der Waals surface area contributed by atoms with E-state index in [1.807, 2.05) is 0 Å². The first kappa shape index (κ1) is 21.2. The Morgan fingerprint density at radius 1 is 1.33 bits per heavy atom. The van der Waals surface area contributed by atoms with Gasteiger partial charge in [-0.25, -0.2) is 0 Å². The molecule has 0 radical (unpaired) electrons. The number of ether oxygens (including phenoxy) is 1. The second-order valence-electron chi connectivity index (χ2n) is 5.86. The van der Waals surface area contributed by atoms with Gasteiger partial charge in [0.2, 0.25) is 0 Å². The lowest BCUT2D eigenvalue weighted by atomic mass is 10.3. The number of aliphatic imine (C=N–C) groups is 1. The van der Waals surface area contributed by atoms with Gasteiger partial charge in [-0.05, 0) is 51.2 Å². The van der Waals surface area contributed by atoms with E-state index in [9.17, 15) is 4.79 Å². The highest BCUT2D eigenvalue weighted by molar-refractivity contribution is 14.0. The average molecular weight is 465 g/mol. The Kier molecular flexibility index (Phi) is 10.3. The van der Waals surface area contributed by atoms with Crippen molar-refractivity contribution in [3.63, 3.8) is 0 Å². The number of thiophene rings is 1. The first-order chi connectivity index (χ1) is 11.2. The average Bonchev–Trinajstić information content (AvgIpc) is 3.18. The Morgan fingerprint density at radius 2 is 2.08 bits per heavy atom. The van der Waals surface area contributed by atoms with Crippen LogP contribution in [0.4, 0.5) is 0 Å². The molecule has 2 rings (SSSR count). The Bertz CT molecular complexity index is 528. The van der Waals surface area contributed by atoms with Crippen LogP contribution in [-0.2, 0) is 16.1 Å². The van der Waals surface area contributed by atoms with Crippen molar-refractivity contribution in [2.75, 3.05) is 13.6 Å². The number of halogens is 1. The summed E-state index contributed by atoms with van der Waals surface area (Å²) < 4.78 is 5.44. The van der Waals surface area contributed by atoms with E-state index in [0.717, 1.165) is 31.8 Å². The van der Waals surface area contributed by atoms with Crippen molar-refractivity contribution in [3.8, 4) is 0 Å². The molecule has 1 aliphatic rings. The first-order valence-corrected chi connectivity index (χ1v) is 9.18. The van der Waals surface area contributed by atoms with Crippen LogP contribution < -0.4 is 10.6 Å². The van der Waals surface area contributed by atoms with Gasteiger partial charge in [-0.2, -0.15) is 0 Å². The quantitative estimate of drug-likeness (QED) is 0.212. The molecule has 0 spiro atoms. The predicted molar refractivity (Wildman–Crippen MR) is 110 cm³/mol. The molecule has 1 saturated carbocycles. The van der Waals surface area contributed by atoms with Crippen molar-refractivity contribution in [3.05, 3.63) is 21.9 Å². The zero-order chi connectivity index (χ0) is 16.5. The fourth-order valence-corrected chi connectivity index (χ4v) is 3.49. The van der Waals surface area contributed by atoms with E-state index in [0.29, 0.717) is 13.0 Å². The van der Waals surface area contributed by atoms with Crippen molar-refractivity contribution in [2.24, 2.45) is 4.99 Å². The summed E-state index contributed by atoms with van der Waals surface area (Å²) in [5.41, 5.74) is 0. The van der Waals surface area contributed by atoms with Crippen molar-refractivity contribution in [1.29, 1.82) is 0 Å². The maximum Gasteiger partial charge on any atom is 0.306 e. The third-order valence-corrected chi connectivity index (χ3v) is 4.90. The minimum absolute atomic E-state index is 0. The van der Waals surface area contributed by atoms with Crippen LogP contribution in [0.2, 0.25) is 0 Å². The molecule has 5 nitrogen and oxygen atoms in total. The second kappa shape index (κ2) is 11.7. The molecule has 0 unspecified atom stereocenters. The number of nitrogens with one attached hydrogen (secondary N) is 2. The standard InChI is InChI=1S/C17H27N3O2S.HI/c1-13-9-10-15(23-13)12-20-17(18-2)19-11-5-8-16(21)22-14-6-3-4-7-14;/h9-10,14H,3-8,11-12H2,1-2H3,(H2,18,19,20);1H. The van der Waals surface area contributed by atoms with E-state index < -0.39 is 0 Å². The molecule has 0 bridgehead atoms. The van der Waals surface area contributed by atoms with E-state index in [-0.39, 0.29) is 36.0 Å². The number of carbonyl (C=O) groups excluding carboxylic acids is 1. The molecule has 0 atom stereocenters. The summed E-state index contributed by atoms with van der Waals surface area (Å²) in [5.74, 6) is 0.691. The molecule has 1 aromatic heterocycles. The summed E-state index contributed by atoms with van der Waals surface area (Å²) >= 11 is 1.78. The van der Waals surface area contributed by atoms with Gasteiger partial charge in [0, 0.05) is 29.8 Å². The van der Waals surface area contributed by atoms with Gasteiger partial charge in [0.1, 0.15) is 6.10 Å². The Balaban J connectivity index is 0.00000288. The molecule has 136 valence electrons. The highest BCUT2D eigenvalue weighted by atomic mass is 127. The van der Waals surface area contributed by atoms with Crippen LogP contribution in [0.1, 0.15) is 48.3 Å². The summed E-state index contributed by atoms with van der Waals surface area (Å²) in [5, 5.41) is 6.51. The number of rotatable bonds is 7. The van der Waals surface area contributed by atoms with E-state index >= 15 is 0 Å². The molecule has 1 heterocycles. The fourth-order valence-electron chi connectivity index (χ4n) is 2.66. The van der Waals surface area contributed by atoms with Crippen LogP contribution in [0.5, 0.6) is 0 Å². The van der Waals surface area contributed by atoms with Crippen molar-refractivity contribution in [1.82, 2.24) is 10.6 Å². The topological polar surface area (TPSA) is 62.7 Å². The number of hydrogen-bond acceptors (Lipinski definition) is 4. The van der Waals surface area contributed by atoms with Gasteiger partial charge in [-0.3, -0.25) is 9.79 Å². The molecule has 0 saturated heterocycles. The van der Waals surface area contributed by atoms with Crippen molar-refractivity contribution < 1.29 is 9.53 Å². The summed E-state index contributed by atoms with van der Waals surface area (Å²) in [4.78, 5) is 18.5. The van der Waals surface area contributed by atoms with Gasteiger partial charge in [0.25, 0.3) is 0 Å². The van der Waals surface area contributed by atoms with Crippen molar-refractivity contribution >= 4 is 47.2 Å². The number of nitrogens with zero attached hydrogens (tertiary/aromatic N) is 1. The highest BCUT2D eigenvalue weighted by Crippen LogP contribution is 2.21. The third kappa shape index (κ3) is 7.83. The lowest BCUT2D eigenvalue weighted by Gasteiger charge is -2.12. The maximum absolute atomic E-state index is 11.7. The van der Waals surface area contributed by atoms with Gasteiger partial charge in [0.05, 0.1) is 6.54 Å². The van der Waals surface area contributed by atoms with Gasteiger partial charge in [-0.15, -0.1) is 35.3 Å². The van der Waals surface area contributed by atoms with Crippen molar-refractivity contribution in [2.45, 2.75) is 58.1 Å². The minimum atomic E-state index is -0.0734. The SMILES string of the molecule is CN=C(NCCCC(=O)OC1CCCC1)NCc1ccc(C)s1.I. The molecule has 0 aromatic carbocycles. The summed E-state index contributed by atoms with van der Waals surface area (Å²) in [6.45, 7) is 3.58. The zero-order valence-electron chi connectivity index (χ0n) is 14.5. The fraction of sp³-hybridized carbons (Fsp3) is 0.647. The van der Waals surface area contributed by atoms with Crippen LogP contribution >= 0.6 is 35.3 Å². The molecule has 1 aliphatic carbocycles. The summed E-state index contributed by atoms with van der Waals surface area (Å²) in [6.07, 6.45) is 5.82. The van der Waals surface area contributed by atoms with Crippen LogP contribution in [0.15, 0.2) is 17.1 Å². The van der Waals surface area contributed by atoms with Gasteiger partial charge >= 0.3 is 5.97 Å². The molecule has 24 heavy (non-hydrogen) atoms. The number of carbonyl (C=O) groups is 1. The van der Waals surface area contributed by atoms with Crippen LogP contribution in [0.25, 0.3) is 0 Å². The summed E-state index contributed by atoms with van der Waals surface area (Å²) in [7, 11) is 1.75. The van der Waals surface area contributed by atoms with E-state index in [1.165, 1.54) is 22.6 Å².